The summed E-state index contributed by atoms with van der Waals surface area (Å²) < 4.78 is 12.3. The number of benzene rings is 3. The largest absolute Gasteiger partial charge is 0.484 e. The highest BCUT2D eigenvalue weighted by Crippen LogP contribution is 2.30. The molecule has 0 unspecified atom stereocenters. The Kier molecular flexibility index (Phi) is 5.56. The van der Waals surface area contributed by atoms with Crippen LogP contribution in [0.25, 0.3) is 22.6 Å². The van der Waals surface area contributed by atoms with Crippen LogP contribution in [0.4, 0.5) is 5.69 Å². The lowest BCUT2D eigenvalue weighted by atomic mass is 10.2. The van der Waals surface area contributed by atoms with E-state index in [4.69, 9.17) is 20.8 Å². The second kappa shape index (κ2) is 8.27. The maximum atomic E-state index is 12.3. The van der Waals surface area contributed by atoms with E-state index < -0.39 is 0 Å². The molecule has 0 radical (unpaired) electrons. The standard InChI is InChI=1S/C22H16BrClN2O3/c1-13-2-9-20-19(10-13)26-22(29-20)14-3-8-17(24)18(11-14)25-21(27)12-28-16-6-4-15(23)5-7-16/h2-11H,12H2,1H3,(H,25,27). The van der Waals surface area contributed by atoms with Crippen LogP contribution in [0.1, 0.15) is 5.56 Å². The van der Waals surface area contributed by atoms with Gasteiger partial charge >= 0.3 is 0 Å². The zero-order valence-electron chi connectivity index (χ0n) is 15.4. The summed E-state index contributed by atoms with van der Waals surface area (Å²) in [6.07, 6.45) is 0. The Bertz CT molecular complexity index is 1190. The van der Waals surface area contributed by atoms with Gasteiger partial charge in [-0.25, -0.2) is 4.98 Å². The smallest absolute Gasteiger partial charge is 0.262 e. The minimum absolute atomic E-state index is 0.135. The first-order valence-electron chi connectivity index (χ1n) is 8.83. The molecule has 29 heavy (non-hydrogen) atoms. The molecular weight excluding hydrogens is 456 g/mol. The number of aromatic nitrogens is 1. The molecule has 0 aliphatic carbocycles. The summed E-state index contributed by atoms with van der Waals surface area (Å²) in [5.74, 6) is 0.744. The summed E-state index contributed by atoms with van der Waals surface area (Å²) in [4.78, 5) is 16.8. The topological polar surface area (TPSA) is 64.4 Å². The van der Waals surface area contributed by atoms with E-state index >= 15 is 0 Å². The number of hydrogen-bond acceptors (Lipinski definition) is 4. The second-order valence-electron chi connectivity index (χ2n) is 6.48. The Balaban J connectivity index is 1.50. The van der Waals surface area contributed by atoms with Crippen LogP contribution in [0.15, 0.2) is 69.6 Å². The van der Waals surface area contributed by atoms with Gasteiger partial charge in [0.2, 0.25) is 5.89 Å². The number of fused-ring (bicyclic) bond motifs is 1. The predicted octanol–water partition coefficient (Wildman–Crippen LogP) is 6.24. The van der Waals surface area contributed by atoms with Crippen LogP contribution in [-0.2, 0) is 4.79 Å². The van der Waals surface area contributed by atoms with Crippen LogP contribution in [0.2, 0.25) is 5.02 Å². The van der Waals surface area contributed by atoms with Gasteiger partial charge in [-0.1, -0.05) is 33.6 Å². The van der Waals surface area contributed by atoms with E-state index in [0.29, 0.717) is 33.5 Å². The fourth-order valence-electron chi connectivity index (χ4n) is 2.78. The van der Waals surface area contributed by atoms with Crippen LogP contribution in [-0.4, -0.2) is 17.5 Å². The van der Waals surface area contributed by atoms with Gasteiger partial charge in [0.15, 0.2) is 12.2 Å². The number of ether oxygens (including phenoxy) is 1. The van der Waals surface area contributed by atoms with Gasteiger partial charge in [-0.2, -0.15) is 0 Å². The van der Waals surface area contributed by atoms with Gasteiger partial charge in [-0.15, -0.1) is 0 Å². The molecule has 7 heteroatoms. The lowest BCUT2D eigenvalue weighted by Crippen LogP contribution is -2.20. The number of carbonyl (C=O) groups is 1. The Morgan fingerprint density at radius 1 is 1.14 bits per heavy atom. The first-order chi connectivity index (χ1) is 14.0. The average molecular weight is 472 g/mol. The number of oxazole rings is 1. The molecule has 1 aromatic heterocycles. The fourth-order valence-corrected chi connectivity index (χ4v) is 3.21. The number of anilines is 1. The summed E-state index contributed by atoms with van der Waals surface area (Å²) in [7, 11) is 0. The van der Waals surface area contributed by atoms with Crippen LogP contribution in [0, 0.1) is 6.92 Å². The van der Waals surface area contributed by atoms with Gasteiger partial charge in [0.1, 0.15) is 11.3 Å². The zero-order valence-corrected chi connectivity index (χ0v) is 17.8. The number of rotatable bonds is 5. The molecule has 0 spiro atoms. The molecule has 1 heterocycles. The monoisotopic (exact) mass is 470 g/mol. The van der Waals surface area contributed by atoms with E-state index in [1.807, 2.05) is 37.3 Å². The van der Waals surface area contributed by atoms with E-state index in [2.05, 4.69) is 26.2 Å². The number of amides is 1. The van der Waals surface area contributed by atoms with Crippen molar-refractivity contribution in [1.82, 2.24) is 4.98 Å². The molecule has 1 amide bonds. The molecule has 3 aromatic carbocycles. The molecule has 0 saturated heterocycles. The summed E-state index contributed by atoms with van der Waals surface area (Å²) >= 11 is 9.61. The van der Waals surface area contributed by atoms with Crippen molar-refractivity contribution in [2.45, 2.75) is 6.92 Å². The Labute approximate surface area is 180 Å². The van der Waals surface area contributed by atoms with Gasteiger partial charge < -0.3 is 14.5 Å². The molecule has 0 aliphatic heterocycles. The van der Waals surface area contributed by atoms with Crippen LogP contribution < -0.4 is 10.1 Å². The third-order valence-corrected chi connectivity index (χ3v) is 5.07. The van der Waals surface area contributed by atoms with Crippen molar-refractivity contribution in [1.29, 1.82) is 0 Å². The molecule has 0 fully saturated rings. The molecule has 4 aromatic rings. The summed E-state index contributed by atoms with van der Waals surface area (Å²) in [6, 6.07) is 18.3. The van der Waals surface area contributed by atoms with Crippen molar-refractivity contribution >= 4 is 50.2 Å². The van der Waals surface area contributed by atoms with Crippen LogP contribution in [0.5, 0.6) is 5.75 Å². The molecule has 0 bridgehead atoms. The van der Waals surface area contributed by atoms with Crippen molar-refractivity contribution in [3.05, 3.63) is 75.7 Å². The first kappa shape index (κ1) is 19.5. The third kappa shape index (κ3) is 4.60. The van der Waals surface area contributed by atoms with E-state index in [0.717, 1.165) is 15.6 Å². The highest BCUT2D eigenvalue weighted by molar-refractivity contribution is 9.10. The van der Waals surface area contributed by atoms with Gasteiger partial charge in [0.05, 0.1) is 10.7 Å². The summed E-state index contributed by atoms with van der Waals surface area (Å²) in [5, 5.41) is 3.18. The maximum Gasteiger partial charge on any atom is 0.262 e. The van der Waals surface area contributed by atoms with Crippen molar-refractivity contribution in [3.63, 3.8) is 0 Å². The third-order valence-electron chi connectivity index (χ3n) is 4.21. The average Bonchev–Trinajstić information content (AvgIpc) is 3.12. The van der Waals surface area contributed by atoms with Gasteiger partial charge in [-0.3, -0.25) is 4.79 Å². The van der Waals surface area contributed by atoms with Crippen LogP contribution >= 0.6 is 27.5 Å². The first-order valence-corrected chi connectivity index (χ1v) is 10.0. The normalized spacial score (nSPS) is 10.9. The Morgan fingerprint density at radius 3 is 2.72 bits per heavy atom. The molecular formula is C22H16BrClN2O3. The lowest BCUT2D eigenvalue weighted by molar-refractivity contribution is -0.118. The fraction of sp³-hybridized carbons (Fsp3) is 0.0909. The van der Waals surface area contributed by atoms with Gasteiger partial charge in [-0.05, 0) is 67.1 Å². The van der Waals surface area contributed by atoms with Crippen molar-refractivity contribution < 1.29 is 13.9 Å². The van der Waals surface area contributed by atoms with Crippen molar-refractivity contribution in [2.75, 3.05) is 11.9 Å². The number of aryl methyl sites for hydroxylation is 1. The molecule has 4 rings (SSSR count). The van der Waals surface area contributed by atoms with Gasteiger partial charge in [0.25, 0.3) is 5.91 Å². The van der Waals surface area contributed by atoms with E-state index in [1.54, 1.807) is 30.3 Å². The van der Waals surface area contributed by atoms with Gasteiger partial charge in [0, 0.05) is 10.0 Å². The molecule has 0 atom stereocenters. The quantitative estimate of drug-likeness (QED) is 0.374. The number of carbonyl (C=O) groups excluding carboxylic acids is 1. The lowest BCUT2D eigenvalue weighted by Gasteiger charge is -2.10. The summed E-state index contributed by atoms with van der Waals surface area (Å²) in [5.41, 5.74) is 3.77. The zero-order chi connectivity index (χ0) is 20.4. The second-order valence-corrected chi connectivity index (χ2v) is 7.80. The summed E-state index contributed by atoms with van der Waals surface area (Å²) in [6.45, 7) is 1.87. The molecule has 0 saturated carbocycles. The molecule has 1 N–H and O–H groups in total. The predicted molar refractivity (Wildman–Crippen MR) is 117 cm³/mol. The molecule has 5 nitrogen and oxygen atoms in total. The maximum absolute atomic E-state index is 12.3. The Morgan fingerprint density at radius 2 is 1.93 bits per heavy atom. The van der Waals surface area contributed by atoms with Crippen molar-refractivity contribution in [3.8, 4) is 17.2 Å². The van der Waals surface area contributed by atoms with Crippen molar-refractivity contribution in [2.24, 2.45) is 0 Å². The Hall–Kier alpha value is -2.83. The highest BCUT2D eigenvalue weighted by Gasteiger charge is 2.13. The van der Waals surface area contributed by atoms with E-state index in [1.165, 1.54) is 0 Å². The number of nitrogens with zero attached hydrogens (tertiary/aromatic N) is 1. The number of nitrogens with one attached hydrogen (secondary N) is 1. The number of halogens is 2. The molecule has 146 valence electrons. The number of hydrogen-bond donors (Lipinski definition) is 1. The highest BCUT2D eigenvalue weighted by atomic mass is 79.9. The minimum Gasteiger partial charge on any atom is -0.484 e. The minimum atomic E-state index is -0.319. The van der Waals surface area contributed by atoms with E-state index in [-0.39, 0.29) is 12.5 Å². The van der Waals surface area contributed by atoms with E-state index in [9.17, 15) is 4.79 Å². The van der Waals surface area contributed by atoms with Crippen LogP contribution in [0.3, 0.4) is 0 Å². The molecule has 0 aliphatic rings. The SMILES string of the molecule is Cc1ccc2oc(-c3ccc(Cl)c(NC(=O)COc4ccc(Br)cc4)c3)nc2c1.